The van der Waals surface area contributed by atoms with Gasteiger partial charge in [0.05, 0.1) is 12.1 Å². The second-order valence-electron chi connectivity index (χ2n) is 5.73. The summed E-state index contributed by atoms with van der Waals surface area (Å²) in [7, 11) is 0. The number of hydrogen-bond acceptors (Lipinski definition) is 5. The second kappa shape index (κ2) is 7.78. The Kier molecular flexibility index (Phi) is 5.27. The summed E-state index contributed by atoms with van der Waals surface area (Å²) in [6, 6.07) is 8.08. The Morgan fingerprint density at radius 2 is 2.19 bits per heavy atom. The third-order valence-electron chi connectivity index (χ3n) is 3.90. The highest BCUT2D eigenvalue weighted by Crippen LogP contribution is 2.19. The number of carbonyl (C=O) groups is 1. The smallest absolute Gasteiger partial charge is 0.260 e. The maximum atomic E-state index is 13.5. The number of likely N-dealkylation sites (tertiary alicyclic amines) is 1. The van der Waals surface area contributed by atoms with E-state index in [0.29, 0.717) is 37.0 Å². The summed E-state index contributed by atoms with van der Waals surface area (Å²) >= 11 is 0. The van der Waals surface area contributed by atoms with E-state index in [1.54, 1.807) is 17.0 Å². The molecule has 0 N–H and O–H groups in total. The van der Waals surface area contributed by atoms with Crippen molar-refractivity contribution in [2.24, 2.45) is 0 Å². The molecule has 1 amide bonds. The SMILES string of the molecule is N#Cc1ccc(OC2CCN(C(=O)COc3ccc(F)cc3F)C2)nc1. The molecule has 1 aliphatic rings. The Bertz CT molecular complexity index is 837. The highest BCUT2D eigenvalue weighted by Gasteiger charge is 2.28. The second-order valence-corrected chi connectivity index (χ2v) is 5.73. The van der Waals surface area contributed by atoms with Crippen molar-refractivity contribution in [2.75, 3.05) is 19.7 Å². The van der Waals surface area contributed by atoms with Crippen LogP contribution in [0.25, 0.3) is 0 Å². The molecule has 1 aromatic carbocycles. The molecule has 6 nitrogen and oxygen atoms in total. The van der Waals surface area contributed by atoms with Gasteiger partial charge in [0.1, 0.15) is 18.0 Å². The molecule has 8 heteroatoms. The van der Waals surface area contributed by atoms with Gasteiger partial charge in [-0.15, -0.1) is 0 Å². The molecular formula is C18H15F2N3O3. The van der Waals surface area contributed by atoms with Crippen molar-refractivity contribution in [3.8, 4) is 17.7 Å². The fourth-order valence-electron chi connectivity index (χ4n) is 2.56. The van der Waals surface area contributed by atoms with Crippen molar-refractivity contribution < 1.29 is 23.0 Å². The first-order valence-electron chi connectivity index (χ1n) is 7.93. The average molecular weight is 359 g/mol. The first-order chi connectivity index (χ1) is 12.5. The monoisotopic (exact) mass is 359 g/mol. The van der Waals surface area contributed by atoms with E-state index in [9.17, 15) is 13.6 Å². The Labute approximate surface area is 148 Å². The molecule has 134 valence electrons. The van der Waals surface area contributed by atoms with E-state index in [1.165, 1.54) is 6.20 Å². The molecule has 1 saturated heterocycles. The summed E-state index contributed by atoms with van der Waals surface area (Å²) in [4.78, 5) is 17.8. The molecule has 1 unspecified atom stereocenters. The molecule has 26 heavy (non-hydrogen) atoms. The highest BCUT2D eigenvalue weighted by molar-refractivity contribution is 5.78. The number of rotatable bonds is 5. The van der Waals surface area contributed by atoms with Crippen LogP contribution in [-0.2, 0) is 4.79 Å². The van der Waals surface area contributed by atoms with Gasteiger partial charge in [0.15, 0.2) is 18.2 Å². The van der Waals surface area contributed by atoms with E-state index >= 15 is 0 Å². The fraction of sp³-hybridized carbons (Fsp3) is 0.278. The first kappa shape index (κ1) is 17.6. The number of benzene rings is 1. The van der Waals surface area contributed by atoms with E-state index < -0.39 is 11.6 Å². The van der Waals surface area contributed by atoms with Crippen molar-refractivity contribution in [2.45, 2.75) is 12.5 Å². The van der Waals surface area contributed by atoms with Gasteiger partial charge in [-0.2, -0.15) is 5.26 Å². The Morgan fingerprint density at radius 3 is 2.88 bits per heavy atom. The lowest BCUT2D eigenvalue weighted by atomic mass is 10.3. The third-order valence-corrected chi connectivity index (χ3v) is 3.90. The Morgan fingerprint density at radius 1 is 1.35 bits per heavy atom. The number of amides is 1. The summed E-state index contributed by atoms with van der Waals surface area (Å²) in [6.07, 6.45) is 1.82. The fourth-order valence-corrected chi connectivity index (χ4v) is 2.56. The molecule has 1 atom stereocenters. The standard InChI is InChI=1S/C18H15F2N3O3/c19-13-2-3-16(15(20)7-13)25-11-18(24)23-6-5-14(10-23)26-17-4-1-12(8-21)9-22-17/h1-4,7,9,14H,5-6,10-11H2. The third kappa shape index (κ3) is 4.25. The van der Waals surface area contributed by atoms with Crippen LogP contribution < -0.4 is 9.47 Å². The number of nitriles is 1. The maximum Gasteiger partial charge on any atom is 0.260 e. The molecule has 1 aliphatic heterocycles. The van der Waals surface area contributed by atoms with Crippen LogP contribution in [0.5, 0.6) is 11.6 Å². The molecule has 0 spiro atoms. The van der Waals surface area contributed by atoms with E-state index in [0.717, 1.165) is 12.1 Å². The van der Waals surface area contributed by atoms with Crippen molar-refractivity contribution in [3.05, 3.63) is 53.7 Å². The van der Waals surface area contributed by atoms with Crippen LogP contribution in [0.3, 0.4) is 0 Å². The zero-order valence-corrected chi connectivity index (χ0v) is 13.7. The van der Waals surface area contributed by atoms with Crippen LogP contribution in [0.1, 0.15) is 12.0 Å². The molecule has 3 rings (SSSR count). The van der Waals surface area contributed by atoms with Crippen LogP contribution >= 0.6 is 0 Å². The quantitative estimate of drug-likeness (QED) is 0.819. The summed E-state index contributed by atoms with van der Waals surface area (Å²) < 4.78 is 37.2. The lowest BCUT2D eigenvalue weighted by Gasteiger charge is -2.17. The molecule has 1 fully saturated rings. The molecule has 1 aromatic heterocycles. The van der Waals surface area contributed by atoms with Crippen LogP contribution in [0.15, 0.2) is 36.5 Å². The minimum absolute atomic E-state index is 0.173. The number of hydrogen-bond donors (Lipinski definition) is 0. The van der Waals surface area contributed by atoms with Gasteiger partial charge in [-0.1, -0.05) is 0 Å². The number of halogens is 2. The molecule has 0 radical (unpaired) electrons. The summed E-state index contributed by atoms with van der Waals surface area (Å²) in [5, 5.41) is 8.74. The predicted molar refractivity (Wildman–Crippen MR) is 86.4 cm³/mol. The molecule has 2 aromatic rings. The first-order valence-corrected chi connectivity index (χ1v) is 7.93. The minimum Gasteiger partial charge on any atom is -0.481 e. The molecular weight excluding hydrogens is 344 g/mol. The van der Waals surface area contributed by atoms with Gasteiger partial charge in [-0.05, 0) is 18.2 Å². The van der Waals surface area contributed by atoms with Crippen molar-refractivity contribution in [1.29, 1.82) is 5.26 Å². The zero-order chi connectivity index (χ0) is 18.5. The minimum atomic E-state index is -0.854. The topological polar surface area (TPSA) is 75.5 Å². The number of pyridine rings is 1. The molecule has 0 saturated carbocycles. The molecule has 0 aliphatic carbocycles. The van der Waals surface area contributed by atoms with Gasteiger partial charge in [0, 0.05) is 31.3 Å². The zero-order valence-electron chi connectivity index (χ0n) is 13.7. The van der Waals surface area contributed by atoms with E-state index in [1.807, 2.05) is 6.07 Å². The predicted octanol–water partition coefficient (Wildman–Crippen LogP) is 2.29. The van der Waals surface area contributed by atoms with Gasteiger partial charge in [-0.25, -0.2) is 13.8 Å². The summed E-state index contributed by atoms with van der Waals surface area (Å²) in [5.41, 5.74) is 0.436. The van der Waals surface area contributed by atoms with Crippen LogP contribution in [0.4, 0.5) is 8.78 Å². The lowest BCUT2D eigenvalue weighted by molar-refractivity contribution is -0.132. The van der Waals surface area contributed by atoms with Gasteiger partial charge >= 0.3 is 0 Å². The van der Waals surface area contributed by atoms with E-state index in [4.69, 9.17) is 14.7 Å². The Balaban J connectivity index is 1.49. The van der Waals surface area contributed by atoms with Crippen LogP contribution in [-0.4, -0.2) is 41.6 Å². The normalized spacial score (nSPS) is 16.2. The number of nitrogens with zero attached hydrogens (tertiary/aromatic N) is 3. The van der Waals surface area contributed by atoms with Gasteiger partial charge in [0.2, 0.25) is 5.88 Å². The van der Waals surface area contributed by atoms with Crippen LogP contribution in [0, 0.1) is 23.0 Å². The van der Waals surface area contributed by atoms with E-state index in [2.05, 4.69) is 4.98 Å². The summed E-state index contributed by atoms with van der Waals surface area (Å²) in [6.45, 7) is 0.495. The summed E-state index contributed by atoms with van der Waals surface area (Å²) in [5.74, 6) is -1.67. The largest absolute Gasteiger partial charge is 0.481 e. The van der Waals surface area contributed by atoms with Crippen molar-refractivity contribution in [1.82, 2.24) is 9.88 Å². The maximum absolute atomic E-state index is 13.5. The number of aromatic nitrogens is 1. The number of carbonyl (C=O) groups excluding carboxylic acids is 1. The lowest BCUT2D eigenvalue weighted by Crippen LogP contribution is -2.34. The van der Waals surface area contributed by atoms with Crippen LogP contribution in [0.2, 0.25) is 0 Å². The highest BCUT2D eigenvalue weighted by atomic mass is 19.1. The Hall–Kier alpha value is -3.21. The van der Waals surface area contributed by atoms with E-state index in [-0.39, 0.29) is 24.4 Å². The molecule has 0 bridgehead atoms. The average Bonchev–Trinajstić information content (AvgIpc) is 3.10. The van der Waals surface area contributed by atoms with Crippen molar-refractivity contribution >= 4 is 5.91 Å². The van der Waals surface area contributed by atoms with Gasteiger partial charge in [-0.3, -0.25) is 4.79 Å². The number of ether oxygens (including phenoxy) is 2. The van der Waals surface area contributed by atoms with Crippen molar-refractivity contribution in [3.63, 3.8) is 0 Å². The van der Waals surface area contributed by atoms with Gasteiger partial charge in [0.25, 0.3) is 5.91 Å². The molecule has 2 heterocycles. The van der Waals surface area contributed by atoms with Gasteiger partial charge < -0.3 is 14.4 Å².